The fraction of sp³-hybridized carbons (Fsp3) is 0.250. The summed E-state index contributed by atoms with van der Waals surface area (Å²) in [6.07, 6.45) is 6.89. The topological polar surface area (TPSA) is 17.1 Å². The molecule has 1 aliphatic rings. The summed E-state index contributed by atoms with van der Waals surface area (Å²) in [7, 11) is 0. The molecule has 0 saturated heterocycles. The summed E-state index contributed by atoms with van der Waals surface area (Å²) in [5.74, 6) is 0.308. The molecular weight excluding hydrogens is 160 g/mol. The number of benzene rings is 1. The molecule has 1 heteroatoms. The van der Waals surface area contributed by atoms with Crippen LogP contribution in [0.5, 0.6) is 0 Å². The van der Waals surface area contributed by atoms with Crippen LogP contribution in [0.3, 0.4) is 0 Å². The lowest BCUT2D eigenvalue weighted by molar-refractivity contribution is -0.108. The molecule has 0 fully saturated rings. The molecule has 1 nitrogen and oxygen atoms in total. The number of allylic oxidation sites excluding steroid dienone is 2. The van der Waals surface area contributed by atoms with Gasteiger partial charge in [0.15, 0.2) is 0 Å². The van der Waals surface area contributed by atoms with Gasteiger partial charge in [0.2, 0.25) is 0 Å². The van der Waals surface area contributed by atoms with Crippen LogP contribution in [-0.4, -0.2) is 6.29 Å². The minimum atomic E-state index is 0.308. The van der Waals surface area contributed by atoms with Gasteiger partial charge < -0.3 is 4.79 Å². The Kier molecular flexibility index (Phi) is 2.26. The van der Waals surface area contributed by atoms with E-state index in [0.717, 1.165) is 12.7 Å². The predicted molar refractivity (Wildman–Crippen MR) is 52.7 cm³/mol. The molecular formula is C12H12O. The highest BCUT2D eigenvalue weighted by molar-refractivity contribution is 5.54. The van der Waals surface area contributed by atoms with Crippen molar-refractivity contribution < 1.29 is 4.79 Å². The molecule has 0 heterocycles. The summed E-state index contributed by atoms with van der Waals surface area (Å²) >= 11 is 0. The van der Waals surface area contributed by atoms with Crippen LogP contribution in [0.4, 0.5) is 0 Å². The molecule has 66 valence electrons. The van der Waals surface area contributed by atoms with Gasteiger partial charge in [0.25, 0.3) is 0 Å². The van der Waals surface area contributed by atoms with E-state index in [9.17, 15) is 4.79 Å². The van der Waals surface area contributed by atoms with E-state index in [-0.39, 0.29) is 0 Å². The van der Waals surface area contributed by atoms with Crippen molar-refractivity contribution in [3.63, 3.8) is 0 Å². The predicted octanol–water partition coefficient (Wildman–Crippen LogP) is 2.47. The average Bonchev–Trinajstić information content (AvgIpc) is 2.19. The Morgan fingerprint density at radius 3 is 3.08 bits per heavy atom. The smallest absolute Gasteiger partial charge is 0.120 e. The van der Waals surface area contributed by atoms with Crippen molar-refractivity contribution in [1.82, 2.24) is 0 Å². The van der Waals surface area contributed by atoms with Gasteiger partial charge in [0.05, 0.1) is 0 Å². The quantitative estimate of drug-likeness (QED) is 0.494. The zero-order valence-electron chi connectivity index (χ0n) is 7.44. The van der Waals surface area contributed by atoms with Crippen LogP contribution in [0.1, 0.15) is 23.5 Å². The molecule has 0 N–H and O–H groups in total. The first-order chi connectivity index (χ1) is 6.42. The third kappa shape index (κ3) is 1.55. The van der Waals surface area contributed by atoms with E-state index in [2.05, 4.69) is 30.4 Å². The average molecular weight is 172 g/mol. The highest BCUT2D eigenvalue weighted by Gasteiger charge is 2.14. The van der Waals surface area contributed by atoms with Gasteiger partial charge in [-0.3, -0.25) is 0 Å². The minimum Gasteiger partial charge on any atom is -0.303 e. The van der Waals surface area contributed by atoms with Gasteiger partial charge in [-0.25, -0.2) is 0 Å². The summed E-state index contributed by atoms with van der Waals surface area (Å²) in [6, 6.07) is 8.34. The number of aldehydes is 1. The van der Waals surface area contributed by atoms with Crippen molar-refractivity contribution in [1.29, 1.82) is 0 Å². The first-order valence-corrected chi connectivity index (χ1v) is 4.60. The molecule has 0 aromatic heterocycles. The molecule has 1 aliphatic carbocycles. The Bertz CT molecular complexity index is 339. The summed E-state index contributed by atoms with van der Waals surface area (Å²) in [4.78, 5) is 10.4. The van der Waals surface area contributed by atoms with E-state index in [1.807, 2.05) is 6.07 Å². The van der Waals surface area contributed by atoms with Gasteiger partial charge in [-0.05, 0) is 17.5 Å². The van der Waals surface area contributed by atoms with Crippen molar-refractivity contribution in [2.75, 3.05) is 0 Å². The van der Waals surface area contributed by atoms with Crippen LogP contribution in [0.15, 0.2) is 36.4 Å². The number of carbonyl (C=O) groups is 1. The Hall–Kier alpha value is -1.37. The summed E-state index contributed by atoms with van der Waals surface area (Å²) in [6.45, 7) is 0. The first kappa shape index (κ1) is 8.24. The number of fused-ring (bicyclic) bond motifs is 1. The van der Waals surface area contributed by atoms with Crippen molar-refractivity contribution in [3.8, 4) is 0 Å². The van der Waals surface area contributed by atoms with E-state index in [1.165, 1.54) is 11.1 Å². The van der Waals surface area contributed by atoms with Crippen LogP contribution in [0.25, 0.3) is 0 Å². The Balaban J connectivity index is 2.36. The second kappa shape index (κ2) is 3.56. The fourth-order valence-corrected chi connectivity index (χ4v) is 1.85. The fourth-order valence-electron chi connectivity index (χ4n) is 1.85. The normalized spacial score (nSPS) is 19.5. The molecule has 1 aromatic carbocycles. The first-order valence-electron chi connectivity index (χ1n) is 4.60. The summed E-state index contributed by atoms with van der Waals surface area (Å²) in [5.41, 5.74) is 2.67. The summed E-state index contributed by atoms with van der Waals surface area (Å²) in [5, 5.41) is 0. The molecule has 0 aliphatic heterocycles. The van der Waals surface area contributed by atoms with E-state index in [0.29, 0.717) is 12.3 Å². The van der Waals surface area contributed by atoms with Gasteiger partial charge in [0, 0.05) is 12.3 Å². The molecule has 1 unspecified atom stereocenters. The third-order valence-corrected chi connectivity index (χ3v) is 2.51. The van der Waals surface area contributed by atoms with Crippen LogP contribution < -0.4 is 0 Å². The molecule has 13 heavy (non-hydrogen) atoms. The molecule has 0 bridgehead atoms. The zero-order valence-corrected chi connectivity index (χ0v) is 7.44. The van der Waals surface area contributed by atoms with E-state index < -0.39 is 0 Å². The SMILES string of the molecule is O=CCC1C=CCc2ccccc21. The molecule has 0 radical (unpaired) electrons. The maximum atomic E-state index is 10.4. The van der Waals surface area contributed by atoms with E-state index >= 15 is 0 Å². The number of carbonyl (C=O) groups excluding carboxylic acids is 1. The molecule has 0 amide bonds. The van der Waals surface area contributed by atoms with Gasteiger partial charge in [-0.15, -0.1) is 0 Å². The Labute approximate surface area is 78.1 Å². The summed E-state index contributed by atoms with van der Waals surface area (Å²) < 4.78 is 0. The maximum absolute atomic E-state index is 10.4. The Morgan fingerprint density at radius 2 is 2.23 bits per heavy atom. The highest BCUT2D eigenvalue weighted by Crippen LogP contribution is 2.28. The zero-order chi connectivity index (χ0) is 9.10. The van der Waals surface area contributed by atoms with E-state index in [1.54, 1.807) is 0 Å². The molecule has 1 atom stereocenters. The highest BCUT2D eigenvalue weighted by atomic mass is 16.1. The lowest BCUT2D eigenvalue weighted by atomic mass is 9.86. The number of rotatable bonds is 2. The number of hydrogen-bond acceptors (Lipinski definition) is 1. The standard InChI is InChI=1S/C12H12O/c13-9-8-11-6-3-5-10-4-1-2-7-12(10)11/h1-4,6-7,9,11H,5,8H2. The van der Waals surface area contributed by atoms with Crippen molar-refractivity contribution in [2.24, 2.45) is 0 Å². The van der Waals surface area contributed by atoms with Gasteiger partial charge in [-0.2, -0.15) is 0 Å². The lowest BCUT2D eigenvalue weighted by Crippen LogP contribution is -2.04. The minimum absolute atomic E-state index is 0.308. The van der Waals surface area contributed by atoms with Crippen molar-refractivity contribution in [2.45, 2.75) is 18.8 Å². The van der Waals surface area contributed by atoms with Crippen molar-refractivity contribution >= 4 is 6.29 Å². The maximum Gasteiger partial charge on any atom is 0.120 e. The van der Waals surface area contributed by atoms with Crippen LogP contribution >= 0.6 is 0 Å². The van der Waals surface area contributed by atoms with Crippen LogP contribution in [0, 0.1) is 0 Å². The molecule has 0 saturated carbocycles. The van der Waals surface area contributed by atoms with Gasteiger partial charge >= 0.3 is 0 Å². The van der Waals surface area contributed by atoms with Crippen molar-refractivity contribution in [3.05, 3.63) is 47.5 Å². The number of hydrogen-bond donors (Lipinski definition) is 0. The second-order valence-electron chi connectivity index (χ2n) is 3.34. The van der Waals surface area contributed by atoms with Gasteiger partial charge in [0.1, 0.15) is 6.29 Å². The second-order valence-corrected chi connectivity index (χ2v) is 3.34. The third-order valence-electron chi connectivity index (χ3n) is 2.51. The van der Waals surface area contributed by atoms with E-state index in [4.69, 9.17) is 0 Å². The lowest BCUT2D eigenvalue weighted by Gasteiger charge is -2.18. The van der Waals surface area contributed by atoms with Crippen LogP contribution in [-0.2, 0) is 11.2 Å². The largest absolute Gasteiger partial charge is 0.303 e. The molecule has 1 aromatic rings. The molecule has 0 spiro atoms. The molecule has 2 rings (SSSR count). The van der Waals surface area contributed by atoms with Crippen LogP contribution in [0.2, 0.25) is 0 Å². The Morgan fingerprint density at radius 1 is 1.38 bits per heavy atom. The van der Waals surface area contributed by atoms with Gasteiger partial charge in [-0.1, -0.05) is 36.4 Å². The monoisotopic (exact) mass is 172 g/mol.